The first-order valence-electron chi connectivity index (χ1n) is 3.36. The summed E-state index contributed by atoms with van der Waals surface area (Å²) in [4.78, 5) is 10.4. The van der Waals surface area contributed by atoms with E-state index in [1.54, 1.807) is 0 Å². The Morgan fingerprint density at radius 2 is 1.92 bits per heavy atom. The van der Waals surface area contributed by atoms with Gasteiger partial charge in [0.1, 0.15) is 6.04 Å². The fraction of sp³-hybridized carbons (Fsp3) is 0.833. The molecule has 0 aromatic rings. The van der Waals surface area contributed by atoms with Crippen LogP contribution >= 0.6 is 0 Å². The van der Waals surface area contributed by atoms with Gasteiger partial charge in [-0.2, -0.15) is 13.2 Å². The highest BCUT2D eigenvalue weighted by atomic mass is 19.4. The Bertz CT molecular complexity index is 209. The van der Waals surface area contributed by atoms with E-state index >= 15 is 0 Å². The van der Waals surface area contributed by atoms with Crippen LogP contribution in [0, 0.1) is 5.41 Å². The molecule has 0 aromatic heterocycles. The predicted molar refractivity (Wildman–Crippen MR) is 33.3 cm³/mol. The zero-order valence-electron chi connectivity index (χ0n) is 6.06. The molecule has 0 aromatic carbocycles. The third-order valence-corrected chi connectivity index (χ3v) is 2.16. The molecule has 0 heterocycles. The number of carbonyl (C=O) groups is 1. The van der Waals surface area contributed by atoms with Gasteiger partial charge in [-0.15, -0.1) is 0 Å². The Kier molecular flexibility index (Phi) is 1.82. The summed E-state index contributed by atoms with van der Waals surface area (Å²) in [5.41, 5.74) is 3.05. The van der Waals surface area contributed by atoms with E-state index in [4.69, 9.17) is 10.8 Å². The Hall–Kier alpha value is -0.780. The third-order valence-electron chi connectivity index (χ3n) is 2.16. The van der Waals surface area contributed by atoms with Gasteiger partial charge in [-0.3, -0.25) is 4.79 Å². The Morgan fingerprint density at radius 3 is 2.00 bits per heavy atom. The largest absolute Gasteiger partial charge is 0.481 e. The number of aliphatic carboxylic acids is 1. The van der Waals surface area contributed by atoms with E-state index in [1.165, 1.54) is 0 Å². The first-order valence-corrected chi connectivity index (χ1v) is 3.36. The Labute approximate surface area is 66.4 Å². The molecule has 0 radical (unpaired) electrons. The van der Waals surface area contributed by atoms with Gasteiger partial charge in [-0.25, -0.2) is 0 Å². The molecule has 1 fully saturated rings. The zero-order valence-corrected chi connectivity index (χ0v) is 6.06. The Balaban J connectivity index is 2.77. The summed E-state index contributed by atoms with van der Waals surface area (Å²) in [6.07, 6.45) is -4.58. The zero-order chi connectivity index (χ0) is 9.57. The van der Waals surface area contributed by atoms with Crippen molar-refractivity contribution >= 4 is 5.97 Å². The normalized spacial score (nSPS) is 23.3. The molecule has 1 aliphatic carbocycles. The molecule has 0 saturated heterocycles. The lowest BCUT2D eigenvalue weighted by atomic mass is 9.97. The van der Waals surface area contributed by atoms with Crippen molar-refractivity contribution in [3.8, 4) is 0 Å². The molecular weight excluding hydrogens is 175 g/mol. The lowest BCUT2D eigenvalue weighted by Crippen LogP contribution is -2.48. The number of rotatable bonds is 2. The fourth-order valence-electron chi connectivity index (χ4n) is 1.11. The molecule has 1 aliphatic rings. The van der Waals surface area contributed by atoms with Gasteiger partial charge in [-0.1, -0.05) is 0 Å². The molecule has 1 rings (SSSR count). The highest BCUT2D eigenvalue weighted by molar-refractivity contribution is 5.79. The molecule has 1 unspecified atom stereocenters. The van der Waals surface area contributed by atoms with Gasteiger partial charge in [0.15, 0.2) is 0 Å². The van der Waals surface area contributed by atoms with E-state index in [0.717, 1.165) is 0 Å². The SMILES string of the molecule is NC(C(F)(F)F)C1(C(=O)O)CC1. The Morgan fingerprint density at radius 1 is 1.50 bits per heavy atom. The molecule has 6 heteroatoms. The number of carboxylic acids is 1. The summed E-state index contributed by atoms with van der Waals surface area (Å²) < 4.78 is 35.9. The van der Waals surface area contributed by atoms with Crippen molar-refractivity contribution < 1.29 is 23.1 Å². The number of alkyl halides is 3. The summed E-state index contributed by atoms with van der Waals surface area (Å²) >= 11 is 0. The number of hydrogen-bond acceptors (Lipinski definition) is 2. The smallest absolute Gasteiger partial charge is 0.404 e. The minimum absolute atomic E-state index is 0.0169. The van der Waals surface area contributed by atoms with Gasteiger partial charge in [0.05, 0.1) is 5.41 Å². The van der Waals surface area contributed by atoms with Gasteiger partial charge < -0.3 is 10.8 Å². The van der Waals surface area contributed by atoms with Crippen molar-refractivity contribution in [2.45, 2.75) is 25.1 Å². The second-order valence-electron chi connectivity index (χ2n) is 2.98. The van der Waals surface area contributed by atoms with Crippen LogP contribution in [-0.2, 0) is 4.79 Å². The maximum absolute atomic E-state index is 12.0. The summed E-state index contributed by atoms with van der Waals surface area (Å²) in [7, 11) is 0. The van der Waals surface area contributed by atoms with E-state index in [0.29, 0.717) is 0 Å². The highest BCUT2D eigenvalue weighted by Crippen LogP contribution is 2.52. The monoisotopic (exact) mass is 183 g/mol. The first-order chi connectivity index (χ1) is 5.31. The average molecular weight is 183 g/mol. The number of nitrogens with two attached hydrogens (primary N) is 1. The van der Waals surface area contributed by atoms with Gasteiger partial charge in [0.2, 0.25) is 0 Å². The molecule has 0 aliphatic heterocycles. The van der Waals surface area contributed by atoms with Crippen LogP contribution < -0.4 is 5.73 Å². The van der Waals surface area contributed by atoms with E-state index < -0.39 is 23.6 Å². The van der Waals surface area contributed by atoms with Crippen molar-refractivity contribution in [3.63, 3.8) is 0 Å². The molecule has 1 saturated carbocycles. The van der Waals surface area contributed by atoms with Crippen LogP contribution in [-0.4, -0.2) is 23.3 Å². The van der Waals surface area contributed by atoms with Gasteiger partial charge in [0.25, 0.3) is 0 Å². The minimum Gasteiger partial charge on any atom is -0.481 e. The summed E-state index contributed by atoms with van der Waals surface area (Å²) in [6, 6.07) is -2.23. The third kappa shape index (κ3) is 1.26. The number of halogens is 3. The predicted octanol–water partition coefficient (Wildman–Crippen LogP) is 0.741. The molecular formula is C6H8F3NO2. The van der Waals surface area contributed by atoms with Crippen LogP contribution in [0.5, 0.6) is 0 Å². The molecule has 3 N–H and O–H groups in total. The lowest BCUT2D eigenvalue weighted by Gasteiger charge is -2.21. The average Bonchev–Trinajstić information content (AvgIpc) is 2.62. The molecule has 0 amide bonds. The molecule has 1 atom stereocenters. The minimum atomic E-state index is -4.62. The number of hydrogen-bond donors (Lipinski definition) is 2. The summed E-state index contributed by atoms with van der Waals surface area (Å²) in [6.45, 7) is 0. The van der Waals surface area contributed by atoms with Crippen molar-refractivity contribution in [1.82, 2.24) is 0 Å². The van der Waals surface area contributed by atoms with Crippen molar-refractivity contribution in [2.75, 3.05) is 0 Å². The van der Waals surface area contributed by atoms with E-state index in [-0.39, 0.29) is 12.8 Å². The van der Waals surface area contributed by atoms with Crippen LogP contribution in [0.2, 0.25) is 0 Å². The lowest BCUT2D eigenvalue weighted by molar-refractivity contribution is -0.176. The molecule has 70 valence electrons. The van der Waals surface area contributed by atoms with Crippen LogP contribution in [0.1, 0.15) is 12.8 Å². The summed E-state index contributed by atoms with van der Waals surface area (Å²) in [5.74, 6) is -1.45. The van der Waals surface area contributed by atoms with E-state index in [2.05, 4.69) is 0 Å². The van der Waals surface area contributed by atoms with Crippen molar-refractivity contribution in [2.24, 2.45) is 11.1 Å². The second kappa shape index (κ2) is 2.35. The van der Waals surface area contributed by atoms with Crippen LogP contribution in [0.3, 0.4) is 0 Å². The van der Waals surface area contributed by atoms with Crippen LogP contribution in [0.25, 0.3) is 0 Å². The molecule has 0 bridgehead atoms. The molecule has 12 heavy (non-hydrogen) atoms. The quantitative estimate of drug-likeness (QED) is 0.663. The van der Waals surface area contributed by atoms with Crippen molar-refractivity contribution in [3.05, 3.63) is 0 Å². The van der Waals surface area contributed by atoms with Gasteiger partial charge in [-0.05, 0) is 12.8 Å². The fourth-order valence-corrected chi connectivity index (χ4v) is 1.11. The van der Waals surface area contributed by atoms with E-state index in [9.17, 15) is 18.0 Å². The highest BCUT2D eigenvalue weighted by Gasteiger charge is 2.63. The molecule has 3 nitrogen and oxygen atoms in total. The maximum Gasteiger partial charge on any atom is 0.404 e. The number of carboxylic acid groups (broad SMARTS) is 1. The maximum atomic E-state index is 12.0. The van der Waals surface area contributed by atoms with E-state index in [1.807, 2.05) is 0 Å². The van der Waals surface area contributed by atoms with Gasteiger partial charge >= 0.3 is 12.1 Å². The van der Waals surface area contributed by atoms with Crippen molar-refractivity contribution in [1.29, 1.82) is 0 Å². The first kappa shape index (κ1) is 9.31. The standard InChI is InChI=1S/C6H8F3NO2/c7-6(8,9)3(10)5(1-2-5)4(11)12/h3H,1-2,10H2,(H,11,12). The van der Waals surface area contributed by atoms with Crippen LogP contribution in [0.4, 0.5) is 13.2 Å². The topological polar surface area (TPSA) is 63.3 Å². The van der Waals surface area contributed by atoms with Gasteiger partial charge in [0, 0.05) is 0 Å². The van der Waals surface area contributed by atoms with Crippen LogP contribution in [0.15, 0.2) is 0 Å². The summed E-state index contributed by atoms with van der Waals surface area (Å²) in [5, 5.41) is 8.46. The second-order valence-corrected chi connectivity index (χ2v) is 2.98. The molecule has 0 spiro atoms.